The fourth-order valence-corrected chi connectivity index (χ4v) is 1.77. The minimum Gasteiger partial charge on any atom is -0.505 e. The van der Waals surface area contributed by atoms with Crippen molar-refractivity contribution in [1.29, 1.82) is 0 Å². The second kappa shape index (κ2) is 3.98. The number of rotatable bonds is 2. The lowest BCUT2D eigenvalue weighted by molar-refractivity contribution is 0.462. The van der Waals surface area contributed by atoms with E-state index in [0.29, 0.717) is 11.3 Å². The zero-order valence-corrected chi connectivity index (χ0v) is 9.01. The molecule has 0 aliphatic heterocycles. The maximum absolute atomic E-state index is 9.64. The zero-order valence-electron chi connectivity index (χ0n) is 7.42. The number of anilines is 1. The van der Waals surface area contributed by atoms with Crippen molar-refractivity contribution < 1.29 is 5.11 Å². The molecule has 0 aliphatic rings. The fourth-order valence-electron chi connectivity index (χ4n) is 1.16. The van der Waals surface area contributed by atoms with Crippen molar-refractivity contribution in [3.05, 3.63) is 22.2 Å². The second-order valence-electron chi connectivity index (χ2n) is 2.91. The van der Waals surface area contributed by atoms with Gasteiger partial charge in [0, 0.05) is 16.1 Å². The predicted molar refractivity (Wildman–Crippen MR) is 57.4 cm³/mol. The molecule has 0 radical (unpaired) electrons. The number of nitrogen functional groups attached to an aromatic ring is 1. The number of phenolic OH excluding ortho intramolecular Hbond substituents is 1. The SMILES string of the molecule is CC[C@H](N)c1c(Br)ccc(N)c1O. The summed E-state index contributed by atoms with van der Waals surface area (Å²) in [5.41, 5.74) is 12.4. The first kappa shape index (κ1) is 10.3. The molecule has 0 spiro atoms. The largest absolute Gasteiger partial charge is 0.505 e. The third kappa shape index (κ3) is 1.95. The van der Waals surface area contributed by atoms with Gasteiger partial charge in [0.05, 0.1) is 5.69 Å². The lowest BCUT2D eigenvalue weighted by atomic mass is 10.0. The standard InChI is InChI=1S/C9H13BrN2O/c1-2-6(11)8-5(10)3-4-7(12)9(8)13/h3-4,6,13H,2,11-12H2,1H3/t6-/m0/s1. The molecule has 1 aromatic rings. The normalized spacial score (nSPS) is 12.8. The van der Waals surface area contributed by atoms with Gasteiger partial charge in [-0.2, -0.15) is 0 Å². The van der Waals surface area contributed by atoms with Crippen LogP contribution in [0.4, 0.5) is 5.69 Å². The number of hydrogen-bond donors (Lipinski definition) is 3. The highest BCUT2D eigenvalue weighted by Gasteiger charge is 2.14. The molecule has 5 N–H and O–H groups in total. The molecule has 1 rings (SSSR count). The molecule has 0 saturated carbocycles. The summed E-state index contributed by atoms with van der Waals surface area (Å²) in [5.74, 6) is 0.0868. The van der Waals surface area contributed by atoms with E-state index >= 15 is 0 Å². The monoisotopic (exact) mass is 244 g/mol. The predicted octanol–water partition coefficient (Wildman–Crippen LogP) is 2.15. The van der Waals surface area contributed by atoms with E-state index in [1.54, 1.807) is 12.1 Å². The van der Waals surface area contributed by atoms with Crippen LogP contribution in [0.5, 0.6) is 5.75 Å². The van der Waals surface area contributed by atoms with Crippen LogP contribution in [0.1, 0.15) is 24.9 Å². The Hall–Kier alpha value is -0.740. The summed E-state index contributed by atoms with van der Waals surface area (Å²) in [6, 6.07) is 3.25. The fraction of sp³-hybridized carbons (Fsp3) is 0.333. The Kier molecular flexibility index (Phi) is 3.17. The second-order valence-corrected chi connectivity index (χ2v) is 3.77. The van der Waals surface area contributed by atoms with Crippen molar-refractivity contribution in [3.63, 3.8) is 0 Å². The molecule has 72 valence electrons. The topological polar surface area (TPSA) is 72.3 Å². The van der Waals surface area contributed by atoms with Crippen molar-refractivity contribution >= 4 is 21.6 Å². The first-order chi connectivity index (χ1) is 6.07. The van der Waals surface area contributed by atoms with Crippen molar-refractivity contribution in [2.75, 3.05) is 5.73 Å². The molecular formula is C9H13BrN2O. The molecule has 0 fully saturated rings. The molecule has 0 aliphatic carbocycles. The van der Waals surface area contributed by atoms with Gasteiger partial charge in [-0.15, -0.1) is 0 Å². The molecule has 0 heterocycles. The van der Waals surface area contributed by atoms with Crippen LogP contribution in [-0.4, -0.2) is 5.11 Å². The molecular weight excluding hydrogens is 232 g/mol. The lowest BCUT2D eigenvalue weighted by Gasteiger charge is -2.14. The Bertz CT molecular complexity index is 315. The summed E-state index contributed by atoms with van der Waals surface area (Å²) in [6.07, 6.45) is 0.760. The Morgan fingerprint density at radius 3 is 2.69 bits per heavy atom. The van der Waals surface area contributed by atoms with Gasteiger partial charge in [-0.3, -0.25) is 0 Å². The van der Waals surface area contributed by atoms with Crippen molar-refractivity contribution in [1.82, 2.24) is 0 Å². The average Bonchev–Trinajstić information content (AvgIpc) is 2.12. The summed E-state index contributed by atoms with van der Waals surface area (Å²) in [5, 5.41) is 9.64. The maximum Gasteiger partial charge on any atom is 0.144 e. The van der Waals surface area contributed by atoms with Gasteiger partial charge in [-0.25, -0.2) is 0 Å². The zero-order chi connectivity index (χ0) is 10.0. The lowest BCUT2D eigenvalue weighted by Crippen LogP contribution is -2.10. The molecule has 13 heavy (non-hydrogen) atoms. The third-order valence-corrected chi connectivity index (χ3v) is 2.70. The Morgan fingerprint density at radius 2 is 2.15 bits per heavy atom. The van der Waals surface area contributed by atoms with Crippen molar-refractivity contribution in [2.45, 2.75) is 19.4 Å². The van der Waals surface area contributed by atoms with Gasteiger partial charge < -0.3 is 16.6 Å². The first-order valence-electron chi connectivity index (χ1n) is 4.10. The van der Waals surface area contributed by atoms with Gasteiger partial charge in [0.15, 0.2) is 0 Å². The van der Waals surface area contributed by atoms with E-state index in [1.807, 2.05) is 6.92 Å². The summed E-state index contributed by atoms with van der Waals surface area (Å²) >= 11 is 3.33. The van der Waals surface area contributed by atoms with E-state index < -0.39 is 0 Å². The average molecular weight is 245 g/mol. The molecule has 0 saturated heterocycles. The molecule has 4 heteroatoms. The van der Waals surface area contributed by atoms with Crippen LogP contribution in [0.3, 0.4) is 0 Å². The molecule has 1 aromatic carbocycles. The maximum atomic E-state index is 9.64. The highest BCUT2D eigenvalue weighted by atomic mass is 79.9. The molecule has 0 bridgehead atoms. The Morgan fingerprint density at radius 1 is 1.54 bits per heavy atom. The number of phenols is 1. The number of aromatic hydroxyl groups is 1. The van der Waals surface area contributed by atoms with Crippen LogP contribution in [0.15, 0.2) is 16.6 Å². The van der Waals surface area contributed by atoms with Crippen molar-refractivity contribution in [2.24, 2.45) is 5.73 Å². The summed E-state index contributed by atoms with van der Waals surface area (Å²) in [4.78, 5) is 0. The van der Waals surface area contributed by atoms with E-state index in [0.717, 1.165) is 10.9 Å². The minimum absolute atomic E-state index is 0.0868. The summed E-state index contributed by atoms with van der Waals surface area (Å²) in [6.45, 7) is 1.96. The smallest absolute Gasteiger partial charge is 0.144 e. The van der Waals surface area contributed by atoms with Crippen LogP contribution in [0.25, 0.3) is 0 Å². The van der Waals surface area contributed by atoms with Crippen LogP contribution in [-0.2, 0) is 0 Å². The third-order valence-electron chi connectivity index (χ3n) is 2.01. The number of benzene rings is 1. The quantitative estimate of drug-likeness (QED) is 0.552. The summed E-state index contributed by atoms with van der Waals surface area (Å²) in [7, 11) is 0. The van der Waals surface area contributed by atoms with Gasteiger partial charge in [0.2, 0.25) is 0 Å². The van der Waals surface area contributed by atoms with Gasteiger partial charge >= 0.3 is 0 Å². The molecule has 0 unspecified atom stereocenters. The van der Waals surface area contributed by atoms with E-state index in [4.69, 9.17) is 11.5 Å². The van der Waals surface area contributed by atoms with Gasteiger partial charge in [-0.05, 0) is 18.6 Å². The van der Waals surface area contributed by atoms with Crippen LogP contribution in [0.2, 0.25) is 0 Å². The van der Waals surface area contributed by atoms with Crippen LogP contribution < -0.4 is 11.5 Å². The number of hydrogen-bond acceptors (Lipinski definition) is 3. The van der Waals surface area contributed by atoms with Crippen LogP contribution in [0, 0.1) is 0 Å². The molecule has 1 atom stereocenters. The molecule has 0 aromatic heterocycles. The van der Waals surface area contributed by atoms with Crippen LogP contribution >= 0.6 is 15.9 Å². The Labute approximate surface area is 85.9 Å². The van der Waals surface area contributed by atoms with E-state index in [1.165, 1.54) is 0 Å². The molecule has 3 nitrogen and oxygen atoms in total. The minimum atomic E-state index is -0.183. The highest BCUT2D eigenvalue weighted by Crippen LogP contribution is 2.36. The number of halogens is 1. The summed E-state index contributed by atoms with van der Waals surface area (Å²) < 4.78 is 0.800. The highest BCUT2D eigenvalue weighted by molar-refractivity contribution is 9.10. The van der Waals surface area contributed by atoms with Gasteiger partial charge in [-0.1, -0.05) is 22.9 Å². The van der Waals surface area contributed by atoms with E-state index in [-0.39, 0.29) is 11.8 Å². The van der Waals surface area contributed by atoms with Crippen molar-refractivity contribution in [3.8, 4) is 5.75 Å². The van der Waals surface area contributed by atoms with Gasteiger partial charge in [0.25, 0.3) is 0 Å². The molecule has 0 amide bonds. The van der Waals surface area contributed by atoms with Gasteiger partial charge in [0.1, 0.15) is 5.75 Å². The number of nitrogens with two attached hydrogens (primary N) is 2. The van der Waals surface area contributed by atoms with E-state index in [9.17, 15) is 5.11 Å². The Balaban J connectivity index is 3.25. The van der Waals surface area contributed by atoms with E-state index in [2.05, 4.69) is 15.9 Å². The first-order valence-corrected chi connectivity index (χ1v) is 4.89.